The van der Waals surface area contributed by atoms with Gasteiger partial charge in [-0.2, -0.15) is 27.1 Å². The van der Waals surface area contributed by atoms with Gasteiger partial charge >= 0.3 is 12.3 Å². The lowest BCUT2D eigenvalue weighted by molar-refractivity contribution is -0.360. The molecule has 1 aromatic heterocycles. The van der Waals surface area contributed by atoms with E-state index in [1.165, 1.54) is 28.7 Å². The first-order chi connectivity index (χ1) is 19.5. The molecular formula is C28H23F5N6OS. The Bertz CT molecular complexity index is 1570. The van der Waals surface area contributed by atoms with Crippen LogP contribution in [0.5, 0.6) is 5.75 Å². The Balaban J connectivity index is 1.22. The van der Waals surface area contributed by atoms with Gasteiger partial charge in [0.1, 0.15) is 12.1 Å². The molecule has 0 spiro atoms. The zero-order valence-corrected chi connectivity index (χ0v) is 22.6. The van der Waals surface area contributed by atoms with Crippen LogP contribution in [0, 0.1) is 0 Å². The maximum absolute atomic E-state index is 13.1. The van der Waals surface area contributed by atoms with Crippen LogP contribution in [0.25, 0.3) is 17.1 Å². The van der Waals surface area contributed by atoms with Gasteiger partial charge < -0.3 is 9.64 Å². The summed E-state index contributed by atoms with van der Waals surface area (Å²) in [5.74, 6) is 0.965. The Kier molecular flexibility index (Phi) is 7.80. The largest absolute Gasteiger partial charge is 0.499 e. The van der Waals surface area contributed by atoms with E-state index in [9.17, 15) is 22.0 Å². The van der Waals surface area contributed by atoms with Crippen molar-refractivity contribution in [2.24, 2.45) is 10.2 Å². The monoisotopic (exact) mass is 586 g/mol. The summed E-state index contributed by atoms with van der Waals surface area (Å²) >= 11 is 1.63. The summed E-state index contributed by atoms with van der Waals surface area (Å²) in [6.07, 6.45) is -8.06. The molecule has 0 amide bonds. The summed E-state index contributed by atoms with van der Waals surface area (Å²) in [4.78, 5) is 6.39. The highest BCUT2D eigenvalue weighted by molar-refractivity contribution is 8.16. The number of halogens is 5. The number of thioether (sulfide) groups is 1. The Labute approximate surface area is 236 Å². The fourth-order valence-corrected chi connectivity index (χ4v) is 4.64. The van der Waals surface area contributed by atoms with Gasteiger partial charge in [-0.05, 0) is 47.4 Å². The van der Waals surface area contributed by atoms with Crippen LogP contribution in [0.4, 0.5) is 27.6 Å². The smallest absolute Gasteiger partial charge is 0.426 e. The lowest BCUT2D eigenvalue weighted by Gasteiger charge is -2.34. The van der Waals surface area contributed by atoms with Gasteiger partial charge in [0.05, 0.1) is 17.8 Å². The highest BCUT2D eigenvalue weighted by Gasteiger charge is 2.61. The zero-order chi connectivity index (χ0) is 29.2. The maximum atomic E-state index is 13.1. The van der Waals surface area contributed by atoms with Crippen molar-refractivity contribution in [3.63, 3.8) is 0 Å². The van der Waals surface area contributed by atoms with E-state index in [1.54, 1.807) is 18.0 Å². The van der Waals surface area contributed by atoms with Crippen molar-refractivity contribution in [3.05, 3.63) is 90.3 Å². The van der Waals surface area contributed by atoms with Gasteiger partial charge in [0.15, 0.2) is 11.0 Å². The predicted octanol–water partition coefficient (Wildman–Crippen LogP) is 7.49. The van der Waals surface area contributed by atoms with E-state index >= 15 is 0 Å². The Morgan fingerprint density at radius 2 is 1.66 bits per heavy atom. The minimum atomic E-state index is -5.82. The van der Waals surface area contributed by atoms with Crippen molar-refractivity contribution in [2.75, 3.05) is 10.8 Å². The zero-order valence-electron chi connectivity index (χ0n) is 21.8. The minimum absolute atomic E-state index is 0.392. The van der Waals surface area contributed by atoms with Crippen molar-refractivity contribution in [3.8, 4) is 22.8 Å². The number of hydrogen-bond acceptors (Lipinski definition) is 6. The van der Waals surface area contributed by atoms with E-state index in [0.717, 1.165) is 34.4 Å². The first kappa shape index (κ1) is 28.3. The van der Waals surface area contributed by atoms with Gasteiger partial charge in [0, 0.05) is 11.3 Å². The van der Waals surface area contributed by atoms with Crippen LogP contribution in [0.2, 0.25) is 0 Å². The third kappa shape index (κ3) is 6.24. The maximum Gasteiger partial charge on any atom is 0.499 e. The van der Waals surface area contributed by atoms with Crippen LogP contribution < -0.4 is 9.64 Å². The number of benzene rings is 3. The van der Waals surface area contributed by atoms with E-state index in [4.69, 9.17) is 0 Å². The number of anilines is 1. The molecule has 3 aromatic carbocycles. The summed E-state index contributed by atoms with van der Waals surface area (Å²) in [5, 5.41) is 13.8. The standard InChI is InChI=1S/C28H23F5N6OS/c1-18(2)23-5-3-4-6-24(23)38-17-41-26(38)36-35-15-19-7-9-20(10-8-19)25-34-16-39(37-25)21-11-13-22(14-12-21)40-28(32,33)27(29,30)31/h3-16,18H,17H2,1-2H3/b35-15-,36-26+. The van der Waals surface area contributed by atoms with Gasteiger partial charge in [-0.15, -0.1) is 10.2 Å². The van der Waals surface area contributed by atoms with Crippen LogP contribution >= 0.6 is 11.8 Å². The van der Waals surface area contributed by atoms with E-state index in [0.29, 0.717) is 23.0 Å². The fourth-order valence-electron chi connectivity index (χ4n) is 3.92. The summed E-state index contributed by atoms with van der Waals surface area (Å²) in [6.45, 7) is 4.32. The number of para-hydroxylation sites is 1. The Hall–Kier alpha value is -4.26. The number of nitrogens with zero attached hydrogens (tertiary/aromatic N) is 6. The second-order valence-corrected chi connectivity index (χ2v) is 10.2. The van der Waals surface area contributed by atoms with Gasteiger partial charge in [0.2, 0.25) is 0 Å². The molecule has 0 unspecified atom stereocenters. The number of ether oxygens (including phenoxy) is 1. The first-order valence-electron chi connectivity index (χ1n) is 12.4. The van der Waals surface area contributed by atoms with Gasteiger partial charge in [-0.1, -0.05) is 68.1 Å². The molecule has 1 fully saturated rings. The Morgan fingerprint density at radius 3 is 2.29 bits per heavy atom. The van der Waals surface area contributed by atoms with Crippen molar-refractivity contribution >= 4 is 28.8 Å². The lowest BCUT2D eigenvalue weighted by atomic mass is 10.0. The average molecular weight is 587 g/mol. The van der Waals surface area contributed by atoms with Crippen molar-refractivity contribution < 1.29 is 26.7 Å². The van der Waals surface area contributed by atoms with Gasteiger partial charge in [-0.3, -0.25) is 0 Å². The number of rotatable bonds is 8. The Morgan fingerprint density at radius 1 is 0.951 bits per heavy atom. The second kappa shape index (κ2) is 11.3. The fraction of sp³-hybridized carbons (Fsp3) is 0.214. The molecule has 7 nitrogen and oxygen atoms in total. The van der Waals surface area contributed by atoms with Crippen LogP contribution in [0.3, 0.4) is 0 Å². The molecule has 0 saturated carbocycles. The molecule has 41 heavy (non-hydrogen) atoms. The van der Waals surface area contributed by atoms with Crippen LogP contribution in [0.15, 0.2) is 89.3 Å². The van der Waals surface area contributed by atoms with Crippen LogP contribution in [0.1, 0.15) is 30.9 Å². The van der Waals surface area contributed by atoms with Crippen molar-refractivity contribution in [1.82, 2.24) is 14.8 Å². The molecule has 0 aliphatic carbocycles. The highest BCUT2D eigenvalue weighted by Crippen LogP contribution is 2.38. The van der Waals surface area contributed by atoms with Gasteiger partial charge in [-0.25, -0.2) is 9.67 Å². The summed E-state index contributed by atoms with van der Waals surface area (Å²) in [7, 11) is 0. The number of alkyl halides is 5. The minimum Gasteiger partial charge on any atom is -0.426 e. The van der Waals surface area contributed by atoms with E-state index < -0.39 is 18.0 Å². The molecule has 1 aliphatic heterocycles. The molecule has 2 heterocycles. The van der Waals surface area contributed by atoms with Crippen molar-refractivity contribution in [1.29, 1.82) is 0 Å². The third-order valence-corrected chi connectivity index (χ3v) is 7.04. The molecule has 5 rings (SSSR count). The average Bonchev–Trinajstić information content (AvgIpc) is 3.41. The molecule has 13 heteroatoms. The normalized spacial score (nSPS) is 15.1. The number of aromatic nitrogens is 3. The molecule has 4 aromatic rings. The van der Waals surface area contributed by atoms with Crippen LogP contribution in [-0.2, 0) is 0 Å². The first-order valence-corrected chi connectivity index (χ1v) is 13.4. The van der Waals surface area contributed by atoms with Crippen molar-refractivity contribution in [2.45, 2.75) is 32.1 Å². The topological polar surface area (TPSA) is 67.9 Å². The quantitative estimate of drug-likeness (QED) is 0.122. The molecule has 0 radical (unpaired) electrons. The molecular weight excluding hydrogens is 563 g/mol. The third-order valence-electron chi connectivity index (χ3n) is 6.09. The summed E-state index contributed by atoms with van der Waals surface area (Å²) < 4.78 is 68.5. The van der Waals surface area contributed by atoms with E-state index in [-0.39, 0.29) is 0 Å². The SMILES string of the molecule is CC(C)c1ccccc1N1CS/C1=N/N=C\c1ccc(-c2ncn(-c3ccc(OC(F)(F)C(F)(F)F)cc3)n2)cc1. The summed E-state index contributed by atoms with van der Waals surface area (Å²) in [5.41, 5.74) is 4.32. The van der Waals surface area contributed by atoms with Crippen LogP contribution in [-0.4, -0.2) is 44.3 Å². The molecule has 1 aliphatic rings. The molecule has 0 bridgehead atoms. The molecule has 0 atom stereocenters. The highest BCUT2D eigenvalue weighted by atomic mass is 32.2. The van der Waals surface area contributed by atoms with Gasteiger partial charge in [0.25, 0.3) is 0 Å². The second-order valence-electron chi connectivity index (χ2n) is 9.29. The molecule has 1 saturated heterocycles. The lowest BCUT2D eigenvalue weighted by Crippen LogP contribution is -2.41. The summed E-state index contributed by atoms with van der Waals surface area (Å²) in [6, 6.07) is 20.2. The van der Waals surface area contributed by atoms with E-state index in [1.807, 2.05) is 36.4 Å². The predicted molar refractivity (Wildman–Crippen MR) is 149 cm³/mol. The van der Waals surface area contributed by atoms with E-state index in [2.05, 4.69) is 55.9 Å². The molecule has 0 N–H and O–H groups in total. The number of amidine groups is 1. The molecule has 212 valence electrons. The number of hydrogen-bond donors (Lipinski definition) is 0.